The maximum absolute atomic E-state index is 15.6. The van der Waals surface area contributed by atoms with Crippen LogP contribution < -0.4 is 0 Å². The Balaban J connectivity index is 2.19. The molecule has 0 radical (unpaired) electrons. The average molecular weight is 484 g/mol. The van der Waals surface area contributed by atoms with Gasteiger partial charge in [-0.15, -0.1) is 0 Å². The summed E-state index contributed by atoms with van der Waals surface area (Å²) in [5, 5.41) is 0. The highest BCUT2D eigenvalue weighted by Gasteiger charge is 3.17. The summed E-state index contributed by atoms with van der Waals surface area (Å²) in [5.74, 6) is -39.7. The number of Topliss-reactive ketones (excluding diaryl/α,β-unsaturated/α-hetero) is 2. The van der Waals surface area contributed by atoms with E-state index in [-0.39, 0.29) is 0 Å². The fraction of sp³-hybridized carbons (Fsp3) is 0.333. The molecule has 0 heterocycles. The lowest BCUT2D eigenvalue weighted by Crippen LogP contribution is -2.74. The normalized spacial score (nSPS) is 31.8. The van der Waals surface area contributed by atoms with Crippen molar-refractivity contribution in [1.29, 1.82) is 0 Å². The molecular weight excluding hydrogens is 474 g/mol. The minimum absolute atomic E-state index is 0.451. The number of alkyl halides is 10. The maximum atomic E-state index is 15.6. The molecule has 0 N–H and O–H groups in total. The summed E-state index contributed by atoms with van der Waals surface area (Å²) < 4.78 is 152. The van der Waals surface area contributed by atoms with Gasteiger partial charge in [-0.05, 0) is 0 Å². The standard InChI is InChI=1S/C21H10F10O2/c22-17(23)15(13(32)11-7-3-1-4-8-11)18(24,25)20(28,29)16(17,21(30,31)19(15,26)27)14(33)12-9-5-2-6-10-12/h1-10H. The Morgan fingerprint density at radius 2 is 0.667 bits per heavy atom. The van der Waals surface area contributed by atoms with Gasteiger partial charge in [0.05, 0.1) is 0 Å². The van der Waals surface area contributed by atoms with Gasteiger partial charge in [0.25, 0.3) is 5.92 Å². The van der Waals surface area contributed by atoms with E-state index in [2.05, 4.69) is 0 Å². The van der Waals surface area contributed by atoms with E-state index in [1.54, 1.807) is 0 Å². The predicted molar refractivity (Wildman–Crippen MR) is 91.1 cm³/mol. The molecule has 4 rings (SSSR count). The van der Waals surface area contributed by atoms with Crippen LogP contribution in [0.15, 0.2) is 60.7 Å². The number of fused-ring (bicyclic) bond motifs is 2. The van der Waals surface area contributed by atoms with E-state index in [0.29, 0.717) is 24.3 Å². The molecule has 0 aromatic heterocycles. The molecule has 0 amide bonds. The molecule has 0 unspecified atom stereocenters. The molecular formula is C21H10F10O2. The molecule has 2 aromatic carbocycles. The van der Waals surface area contributed by atoms with Crippen LogP contribution in [0.4, 0.5) is 43.9 Å². The molecule has 2 saturated carbocycles. The first-order valence-corrected chi connectivity index (χ1v) is 9.12. The third-order valence-corrected chi connectivity index (χ3v) is 6.37. The van der Waals surface area contributed by atoms with E-state index in [9.17, 15) is 9.59 Å². The topological polar surface area (TPSA) is 34.1 Å². The molecule has 2 nitrogen and oxygen atoms in total. The summed E-state index contributed by atoms with van der Waals surface area (Å²) in [6.07, 6.45) is 0. The highest BCUT2D eigenvalue weighted by atomic mass is 19.3. The number of hydrogen-bond acceptors (Lipinski definition) is 2. The van der Waals surface area contributed by atoms with Crippen molar-refractivity contribution in [1.82, 2.24) is 0 Å². The van der Waals surface area contributed by atoms with Gasteiger partial charge < -0.3 is 0 Å². The molecule has 0 saturated heterocycles. The molecule has 12 heteroatoms. The number of halogens is 10. The second-order valence-corrected chi connectivity index (χ2v) is 7.76. The first kappa shape index (κ1) is 23.2. The third kappa shape index (κ3) is 1.93. The van der Waals surface area contributed by atoms with Crippen LogP contribution in [0.2, 0.25) is 0 Å². The molecule has 176 valence electrons. The second kappa shape index (κ2) is 6.15. The Kier molecular flexibility index (Phi) is 4.33. The van der Waals surface area contributed by atoms with E-state index in [0.717, 1.165) is 36.4 Å². The van der Waals surface area contributed by atoms with Gasteiger partial charge in [-0.2, -0.15) is 35.1 Å². The average Bonchev–Trinajstić information content (AvgIpc) is 2.88. The first-order valence-electron chi connectivity index (χ1n) is 9.12. The van der Waals surface area contributed by atoms with Gasteiger partial charge in [0, 0.05) is 11.1 Å². The molecule has 33 heavy (non-hydrogen) atoms. The second-order valence-electron chi connectivity index (χ2n) is 7.76. The molecule has 0 aliphatic heterocycles. The Morgan fingerprint density at radius 1 is 0.424 bits per heavy atom. The zero-order valence-electron chi connectivity index (χ0n) is 15.9. The van der Waals surface area contributed by atoms with Crippen molar-refractivity contribution in [2.75, 3.05) is 0 Å². The number of carbonyl (C=O) groups is 2. The number of ketones is 2. The largest absolute Gasteiger partial charge is 0.336 e. The fourth-order valence-corrected chi connectivity index (χ4v) is 4.87. The summed E-state index contributed by atoms with van der Waals surface area (Å²) in [4.78, 5) is 25.5. The number of hydrogen-bond donors (Lipinski definition) is 0. The molecule has 2 bridgehead atoms. The Hall–Kier alpha value is -2.92. The van der Waals surface area contributed by atoms with E-state index >= 15 is 43.9 Å². The van der Waals surface area contributed by atoms with Crippen LogP contribution in [-0.2, 0) is 0 Å². The SMILES string of the molecule is O=C(c1ccccc1)C12C(F)(F)C(F)(F)C(C(=O)c3ccccc3)(C(F)(F)C1(F)F)C2(F)F. The lowest BCUT2D eigenvalue weighted by atomic mass is 9.66. The maximum Gasteiger partial charge on any atom is 0.336 e. The zero-order chi connectivity index (χ0) is 24.9. The highest BCUT2D eigenvalue weighted by Crippen LogP contribution is 2.89. The van der Waals surface area contributed by atoms with Crippen LogP contribution in [0.1, 0.15) is 20.7 Å². The molecule has 0 atom stereocenters. The smallest absolute Gasteiger partial charge is 0.293 e. The molecule has 2 aromatic rings. The van der Waals surface area contributed by atoms with Crippen molar-refractivity contribution >= 4 is 11.6 Å². The molecule has 2 fully saturated rings. The van der Waals surface area contributed by atoms with Crippen LogP contribution in [0.3, 0.4) is 0 Å². The molecule has 0 spiro atoms. The van der Waals surface area contributed by atoms with Crippen LogP contribution in [0.5, 0.6) is 0 Å². The van der Waals surface area contributed by atoms with Crippen LogP contribution >= 0.6 is 0 Å². The van der Waals surface area contributed by atoms with Crippen molar-refractivity contribution in [3.8, 4) is 0 Å². The van der Waals surface area contributed by atoms with Gasteiger partial charge >= 0.3 is 23.7 Å². The van der Waals surface area contributed by atoms with Crippen LogP contribution in [0, 0.1) is 10.8 Å². The Bertz CT molecular complexity index is 1020. The van der Waals surface area contributed by atoms with Gasteiger partial charge in [0.1, 0.15) is 0 Å². The lowest BCUT2D eigenvalue weighted by molar-refractivity contribution is -0.382. The van der Waals surface area contributed by atoms with Crippen molar-refractivity contribution in [3.05, 3.63) is 71.8 Å². The summed E-state index contributed by atoms with van der Waals surface area (Å²) in [5.41, 5.74) is -15.3. The predicted octanol–water partition coefficient (Wildman–Crippen LogP) is 5.93. The van der Waals surface area contributed by atoms with Gasteiger partial charge in [0.15, 0.2) is 11.6 Å². The number of benzene rings is 2. The Morgan fingerprint density at radius 3 is 0.909 bits per heavy atom. The minimum Gasteiger partial charge on any atom is -0.293 e. The van der Waals surface area contributed by atoms with Crippen LogP contribution in [0.25, 0.3) is 0 Å². The zero-order valence-corrected chi connectivity index (χ0v) is 15.9. The van der Waals surface area contributed by atoms with Crippen molar-refractivity contribution in [3.63, 3.8) is 0 Å². The summed E-state index contributed by atoms with van der Waals surface area (Å²) in [7, 11) is 0. The van der Waals surface area contributed by atoms with E-state index in [1.807, 2.05) is 0 Å². The summed E-state index contributed by atoms with van der Waals surface area (Å²) >= 11 is 0. The molecule has 2 aliphatic rings. The first-order chi connectivity index (χ1) is 15.0. The Labute approximate surface area is 178 Å². The monoisotopic (exact) mass is 484 g/mol. The third-order valence-electron chi connectivity index (χ3n) is 6.37. The minimum atomic E-state index is -6.76. The van der Waals surface area contributed by atoms with Crippen molar-refractivity contribution in [2.24, 2.45) is 10.8 Å². The van der Waals surface area contributed by atoms with E-state index in [4.69, 9.17) is 0 Å². The van der Waals surface area contributed by atoms with Crippen LogP contribution in [-0.4, -0.2) is 41.2 Å². The van der Waals surface area contributed by atoms with Crippen molar-refractivity contribution < 1.29 is 53.5 Å². The quantitative estimate of drug-likeness (QED) is 0.399. The van der Waals surface area contributed by atoms with E-state index < -0.39 is 63.1 Å². The fourth-order valence-electron chi connectivity index (χ4n) is 4.87. The van der Waals surface area contributed by atoms with Gasteiger partial charge in [-0.25, -0.2) is 8.78 Å². The lowest BCUT2D eigenvalue weighted by Gasteiger charge is -2.47. The van der Waals surface area contributed by atoms with E-state index in [1.165, 1.54) is 0 Å². The van der Waals surface area contributed by atoms with Crippen molar-refractivity contribution in [2.45, 2.75) is 29.6 Å². The van der Waals surface area contributed by atoms with Gasteiger partial charge in [0.2, 0.25) is 10.8 Å². The number of rotatable bonds is 4. The number of carbonyl (C=O) groups excluding carboxylic acids is 2. The summed E-state index contributed by atoms with van der Waals surface area (Å²) in [6.45, 7) is 0. The highest BCUT2D eigenvalue weighted by molar-refractivity contribution is 6.10. The summed E-state index contributed by atoms with van der Waals surface area (Å²) in [6, 6.07) is 7.33. The van der Waals surface area contributed by atoms with Gasteiger partial charge in [-0.1, -0.05) is 60.7 Å². The molecule has 2 aliphatic carbocycles. The van der Waals surface area contributed by atoms with Gasteiger partial charge in [-0.3, -0.25) is 9.59 Å².